The van der Waals surface area contributed by atoms with Gasteiger partial charge in [0.25, 0.3) is 5.56 Å². The van der Waals surface area contributed by atoms with Crippen molar-refractivity contribution < 1.29 is 10.2 Å². The summed E-state index contributed by atoms with van der Waals surface area (Å²) in [6, 6.07) is 12.8. The summed E-state index contributed by atoms with van der Waals surface area (Å²) in [5, 5.41) is 23.8. The summed E-state index contributed by atoms with van der Waals surface area (Å²) in [5.74, 6) is -0.169. The fourth-order valence-electron chi connectivity index (χ4n) is 2.37. The van der Waals surface area contributed by atoms with Gasteiger partial charge >= 0.3 is 5.69 Å². The minimum Gasteiger partial charge on any atom is -0.506 e. The summed E-state index contributed by atoms with van der Waals surface area (Å²) in [6.45, 7) is -0.648. The van der Waals surface area contributed by atoms with E-state index in [9.17, 15) is 19.8 Å². The van der Waals surface area contributed by atoms with Crippen LogP contribution in [0.2, 0.25) is 5.02 Å². The highest BCUT2D eigenvalue weighted by Gasteiger charge is 2.16. The zero-order valence-electron chi connectivity index (χ0n) is 13.0. The molecule has 3 rings (SSSR count). The van der Waals surface area contributed by atoms with Crippen LogP contribution in [-0.2, 0) is 13.2 Å². The fourth-order valence-corrected chi connectivity index (χ4v) is 2.50. The number of halogens is 1. The first-order valence-corrected chi connectivity index (χ1v) is 7.76. The smallest absolute Gasteiger partial charge is 0.352 e. The molecular weight excluding hydrogens is 346 g/mol. The van der Waals surface area contributed by atoms with Crippen LogP contribution in [0.4, 0.5) is 0 Å². The standard InChI is InChI=1S/C17H14ClN3O4/c18-12-7-5-11(6-8-12)9-20-16(24)13(10-22)19-21(17(20)25)14-3-1-2-4-15(14)23/h1-8,22-23H,9-10H2. The van der Waals surface area contributed by atoms with Crippen LogP contribution < -0.4 is 11.2 Å². The van der Waals surface area contributed by atoms with Gasteiger partial charge in [0, 0.05) is 5.02 Å². The molecule has 0 amide bonds. The van der Waals surface area contributed by atoms with E-state index in [1.807, 2.05) is 0 Å². The molecule has 2 N–H and O–H groups in total. The first kappa shape index (κ1) is 16.9. The van der Waals surface area contributed by atoms with E-state index >= 15 is 0 Å². The highest BCUT2D eigenvalue weighted by molar-refractivity contribution is 6.30. The molecule has 0 saturated heterocycles. The van der Waals surface area contributed by atoms with Gasteiger partial charge in [-0.1, -0.05) is 35.9 Å². The van der Waals surface area contributed by atoms with Gasteiger partial charge in [-0.25, -0.2) is 4.79 Å². The van der Waals surface area contributed by atoms with Crippen molar-refractivity contribution in [2.24, 2.45) is 0 Å². The molecule has 0 fully saturated rings. The van der Waals surface area contributed by atoms with E-state index in [1.54, 1.807) is 36.4 Å². The van der Waals surface area contributed by atoms with Crippen LogP contribution >= 0.6 is 11.6 Å². The van der Waals surface area contributed by atoms with Crippen molar-refractivity contribution in [3.05, 3.63) is 85.6 Å². The van der Waals surface area contributed by atoms with Crippen molar-refractivity contribution in [3.8, 4) is 11.4 Å². The monoisotopic (exact) mass is 359 g/mol. The highest BCUT2D eigenvalue weighted by Crippen LogP contribution is 2.18. The van der Waals surface area contributed by atoms with Crippen LogP contribution in [0.25, 0.3) is 5.69 Å². The number of nitrogens with zero attached hydrogens (tertiary/aromatic N) is 3. The van der Waals surface area contributed by atoms with Crippen LogP contribution in [-0.4, -0.2) is 24.6 Å². The minimum absolute atomic E-state index is 0.0159. The molecule has 7 nitrogen and oxygen atoms in total. The predicted molar refractivity (Wildman–Crippen MR) is 92.2 cm³/mol. The molecule has 0 radical (unpaired) electrons. The Bertz CT molecular complexity index is 1030. The molecule has 0 saturated carbocycles. The number of aliphatic hydroxyl groups is 1. The van der Waals surface area contributed by atoms with Gasteiger partial charge < -0.3 is 10.2 Å². The molecule has 128 valence electrons. The molecule has 0 aliphatic carbocycles. The Morgan fingerprint density at radius 3 is 2.36 bits per heavy atom. The Labute approximate surface area is 147 Å². The lowest BCUT2D eigenvalue weighted by molar-refractivity contribution is 0.269. The van der Waals surface area contributed by atoms with Crippen LogP contribution in [0.3, 0.4) is 0 Å². The van der Waals surface area contributed by atoms with E-state index in [4.69, 9.17) is 11.6 Å². The largest absolute Gasteiger partial charge is 0.506 e. The number of para-hydroxylation sites is 2. The zero-order valence-corrected chi connectivity index (χ0v) is 13.7. The topological polar surface area (TPSA) is 97.3 Å². The molecule has 8 heteroatoms. The highest BCUT2D eigenvalue weighted by atomic mass is 35.5. The predicted octanol–water partition coefficient (Wildman–Crippen LogP) is 1.29. The molecule has 1 aromatic heterocycles. The SMILES string of the molecule is O=c1c(CO)nn(-c2ccccc2O)c(=O)n1Cc1ccc(Cl)cc1. The van der Waals surface area contributed by atoms with Gasteiger partial charge in [-0.2, -0.15) is 9.78 Å². The summed E-state index contributed by atoms with van der Waals surface area (Å²) in [6.07, 6.45) is 0. The quantitative estimate of drug-likeness (QED) is 0.731. The third kappa shape index (κ3) is 3.33. The molecule has 25 heavy (non-hydrogen) atoms. The molecule has 0 aliphatic rings. The van der Waals surface area contributed by atoms with Gasteiger partial charge in [0.15, 0.2) is 5.69 Å². The van der Waals surface area contributed by atoms with Gasteiger partial charge in [-0.15, -0.1) is 0 Å². The molecule has 0 aliphatic heterocycles. The van der Waals surface area contributed by atoms with Crippen LogP contribution in [0.5, 0.6) is 5.75 Å². The number of aromatic hydroxyl groups is 1. The molecule has 3 aromatic rings. The number of aromatic nitrogens is 3. The lowest BCUT2D eigenvalue weighted by Gasteiger charge is -2.12. The maximum Gasteiger partial charge on any atom is 0.352 e. The summed E-state index contributed by atoms with van der Waals surface area (Å²) >= 11 is 5.84. The first-order valence-electron chi connectivity index (χ1n) is 7.38. The number of benzene rings is 2. The van der Waals surface area contributed by atoms with Crippen LogP contribution in [0, 0.1) is 0 Å². The number of phenolic OH excluding ortho intramolecular Hbond substituents is 1. The van der Waals surface area contributed by atoms with Crippen molar-refractivity contribution in [3.63, 3.8) is 0 Å². The van der Waals surface area contributed by atoms with E-state index in [0.29, 0.717) is 10.6 Å². The van der Waals surface area contributed by atoms with E-state index in [1.165, 1.54) is 12.1 Å². The zero-order chi connectivity index (χ0) is 18.0. The average Bonchev–Trinajstić information content (AvgIpc) is 2.61. The number of aliphatic hydroxyl groups excluding tert-OH is 1. The summed E-state index contributed by atoms with van der Waals surface area (Å²) in [7, 11) is 0. The van der Waals surface area contributed by atoms with Gasteiger partial charge in [0.2, 0.25) is 0 Å². The van der Waals surface area contributed by atoms with E-state index in [2.05, 4.69) is 5.10 Å². The normalized spacial score (nSPS) is 10.8. The maximum atomic E-state index is 12.7. The van der Waals surface area contributed by atoms with Crippen molar-refractivity contribution in [1.82, 2.24) is 14.3 Å². The second-order valence-corrected chi connectivity index (χ2v) is 5.74. The van der Waals surface area contributed by atoms with Gasteiger partial charge in [-0.05, 0) is 29.8 Å². The molecule has 0 spiro atoms. The van der Waals surface area contributed by atoms with E-state index in [-0.39, 0.29) is 23.7 Å². The summed E-state index contributed by atoms with van der Waals surface area (Å²) in [4.78, 5) is 25.1. The second kappa shape index (κ2) is 6.92. The second-order valence-electron chi connectivity index (χ2n) is 5.31. The van der Waals surface area contributed by atoms with Crippen molar-refractivity contribution >= 4 is 11.6 Å². The summed E-state index contributed by atoms with van der Waals surface area (Å²) < 4.78 is 1.85. The van der Waals surface area contributed by atoms with Gasteiger partial charge in [0.05, 0.1) is 13.2 Å². The summed E-state index contributed by atoms with van der Waals surface area (Å²) in [5.41, 5.74) is -0.806. The fraction of sp³-hybridized carbons (Fsp3) is 0.118. The van der Waals surface area contributed by atoms with Crippen LogP contribution in [0.15, 0.2) is 58.1 Å². The number of hydrogen-bond donors (Lipinski definition) is 2. The Kier molecular flexibility index (Phi) is 4.69. The number of hydrogen-bond acceptors (Lipinski definition) is 5. The van der Waals surface area contributed by atoms with Gasteiger partial charge in [0.1, 0.15) is 11.4 Å². The Morgan fingerprint density at radius 2 is 1.72 bits per heavy atom. The maximum absolute atomic E-state index is 12.7. The average molecular weight is 360 g/mol. The molecule has 2 aromatic carbocycles. The van der Waals surface area contributed by atoms with E-state index in [0.717, 1.165) is 9.25 Å². The van der Waals surface area contributed by atoms with Crippen molar-refractivity contribution in [2.45, 2.75) is 13.2 Å². The molecule has 0 unspecified atom stereocenters. The molecule has 0 bridgehead atoms. The minimum atomic E-state index is -0.723. The first-order chi connectivity index (χ1) is 12.0. The third-order valence-electron chi connectivity index (χ3n) is 3.64. The Morgan fingerprint density at radius 1 is 1.04 bits per heavy atom. The molecular formula is C17H14ClN3O4. The van der Waals surface area contributed by atoms with Gasteiger partial charge in [-0.3, -0.25) is 9.36 Å². The lowest BCUT2D eigenvalue weighted by Crippen LogP contribution is -2.43. The van der Waals surface area contributed by atoms with Crippen LogP contribution in [0.1, 0.15) is 11.3 Å². The lowest BCUT2D eigenvalue weighted by atomic mass is 10.2. The molecule has 0 atom stereocenters. The van der Waals surface area contributed by atoms with E-state index < -0.39 is 17.9 Å². The van der Waals surface area contributed by atoms with Crippen molar-refractivity contribution in [2.75, 3.05) is 0 Å². The van der Waals surface area contributed by atoms with Crippen molar-refractivity contribution in [1.29, 1.82) is 0 Å². The third-order valence-corrected chi connectivity index (χ3v) is 3.89. The molecule has 1 heterocycles. The Hall–Kier alpha value is -2.90. The number of phenols is 1. The number of rotatable bonds is 4. The Balaban J connectivity index is 2.19.